The van der Waals surface area contributed by atoms with E-state index in [9.17, 15) is 22.0 Å². The van der Waals surface area contributed by atoms with E-state index in [1.807, 2.05) is 6.92 Å². The Labute approximate surface area is 166 Å². The number of hydrogen-bond acceptors (Lipinski definition) is 5. The molecule has 3 rings (SSSR count). The smallest absolute Gasteiger partial charge is 0.252 e. The van der Waals surface area contributed by atoms with E-state index < -0.39 is 39.3 Å². The molecule has 0 aliphatic carbocycles. The summed E-state index contributed by atoms with van der Waals surface area (Å²) < 4.78 is 54.5. The fourth-order valence-corrected chi connectivity index (χ4v) is 5.88. The van der Waals surface area contributed by atoms with Crippen molar-refractivity contribution in [2.75, 3.05) is 31.5 Å². The zero-order valence-electron chi connectivity index (χ0n) is 15.5. The van der Waals surface area contributed by atoms with E-state index in [-0.39, 0.29) is 13.1 Å². The number of amides is 1. The number of piperazine rings is 1. The van der Waals surface area contributed by atoms with Gasteiger partial charge in [-0.2, -0.15) is 4.31 Å². The maximum Gasteiger partial charge on any atom is 0.252 e. The second-order valence-corrected chi connectivity index (χ2v) is 10.0. The molecule has 10 heteroatoms. The first-order valence-corrected chi connectivity index (χ1v) is 11.0. The number of anilines is 1. The van der Waals surface area contributed by atoms with Crippen LogP contribution in [-0.4, -0.2) is 55.8 Å². The number of halogens is 2. The molecule has 152 valence electrons. The number of carbonyl (C=O) groups excluding carboxylic acids is 1. The van der Waals surface area contributed by atoms with E-state index >= 15 is 0 Å². The molecule has 0 spiro atoms. The highest BCUT2D eigenvalue weighted by molar-refractivity contribution is 7.91. The van der Waals surface area contributed by atoms with Crippen LogP contribution >= 0.6 is 11.3 Å². The highest BCUT2D eigenvalue weighted by atomic mass is 32.2. The third-order valence-electron chi connectivity index (χ3n) is 4.72. The van der Waals surface area contributed by atoms with E-state index in [4.69, 9.17) is 0 Å². The zero-order chi connectivity index (χ0) is 20.5. The van der Waals surface area contributed by atoms with Crippen LogP contribution in [0.3, 0.4) is 0 Å². The molecule has 2 aromatic rings. The lowest BCUT2D eigenvalue weighted by Crippen LogP contribution is -2.53. The van der Waals surface area contributed by atoms with Crippen molar-refractivity contribution >= 4 is 33.0 Å². The van der Waals surface area contributed by atoms with Gasteiger partial charge in [-0.25, -0.2) is 17.2 Å². The molecule has 6 nitrogen and oxygen atoms in total. The van der Waals surface area contributed by atoms with Gasteiger partial charge in [0.2, 0.25) is 5.91 Å². The first-order valence-electron chi connectivity index (χ1n) is 8.75. The van der Waals surface area contributed by atoms with Gasteiger partial charge in [0, 0.05) is 31.1 Å². The predicted molar refractivity (Wildman–Crippen MR) is 104 cm³/mol. The van der Waals surface area contributed by atoms with Crippen molar-refractivity contribution in [1.82, 2.24) is 9.21 Å². The molecule has 1 aliphatic heterocycles. The summed E-state index contributed by atoms with van der Waals surface area (Å²) in [6, 6.07) is 6.06. The SMILES string of the molecule is Cc1ccc(S(=O)(=O)N2CCN(C(C)C(=O)Nc3c(F)cccc3F)CC2)s1. The fraction of sp³-hybridized carbons (Fsp3) is 0.389. The second-order valence-electron chi connectivity index (χ2n) is 6.57. The molecule has 1 aromatic heterocycles. The molecule has 1 atom stereocenters. The molecular formula is C18H21F2N3O3S2. The molecule has 0 bridgehead atoms. The third-order valence-corrected chi connectivity index (χ3v) is 8.09. The third kappa shape index (κ3) is 4.24. The number of benzene rings is 1. The molecular weight excluding hydrogens is 408 g/mol. The summed E-state index contributed by atoms with van der Waals surface area (Å²) in [5, 5.41) is 2.28. The summed E-state index contributed by atoms with van der Waals surface area (Å²) in [6.07, 6.45) is 0. The number of hydrogen-bond donors (Lipinski definition) is 1. The van der Waals surface area contributed by atoms with Crippen LogP contribution in [0.5, 0.6) is 0 Å². The van der Waals surface area contributed by atoms with E-state index in [1.54, 1.807) is 24.0 Å². The van der Waals surface area contributed by atoms with Gasteiger partial charge in [-0.1, -0.05) is 6.07 Å². The topological polar surface area (TPSA) is 69.7 Å². The molecule has 1 unspecified atom stereocenters. The maximum atomic E-state index is 13.7. The lowest BCUT2D eigenvalue weighted by atomic mass is 10.2. The molecule has 1 N–H and O–H groups in total. The molecule has 1 aromatic carbocycles. The first-order chi connectivity index (χ1) is 13.2. The van der Waals surface area contributed by atoms with Gasteiger partial charge in [-0.05, 0) is 38.1 Å². The number of para-hydroxylation sites is 1. The quantitative estimate of drug-likeness (QED) is 0.794. The fourth-order valence-electron chi connectivity index (χ4n) is 3.02. The summed E-state index contributed by atoms with van der Waals surface area (Å²) in [5.41, 5.74) is -0.478. The van der Waals surface area contributed by atoms with Crippen molar-refractivity contribution in [3.8, 4) is 0 Å². The molecule has 1 aliphatic rings. The van der Waals surface area contributed by atoms with Crippen molar-refractivity contribution in [1.29, 1.82) is 0 Å². The van der Waals surface area contributed by atoms with Gasteiger partial charge in [-0.15, -0.1) is 11.3 Å². The average molecular weight is 430 g/mol. The number of aryl methyl sites for hydroxylation is 1. The van der Waals surface area contributed by atoms with Crippen LogP contribution in [0.4, 0.5) is 14.5 Å². The summed E-state index contributed by atoms with van der Waals surface area (Å²) in [5.74, 6) is -2.24. The van der Waals surface area contributed by atoms with Crippen molar-refractivity contribution in [3.05, 3.63) is 46.8 Å². The van der Waals surface area contributed by atoms with Crippen molar-refractivity contribution in [2.45, 2.75) is 24.1 Å². The minimum atomic E-state index is -3.54. The number of rotatable bonds is 5. The molecule has 2 heterocycles. The van der Waals surface area contributed by atoms with Crippen LogP contribution in [-0.2, 0) is 14.8 Å². The van der Waals surface area contributed by atoms with Crippen LogP contribution in [0.25, 0.3) is 0 Å². The Hall–Kier alpha value is -1.88. The van der Waals surface area contributed by atoms with Gasteiger partial charge in [-0.3, -0.25) is 9.69 Å². The normalized spacial score (nSPS) is 17.4. The van der Waals surface area contributed by atoms with Crippen LogP contribution < -0.4 is 5.32 Å². The highest BCUT2D eigenvalue weighted by Crippen LogP contribution is 2.25. The summed E-state index contributed by atoms with van der Waals surface area (Å²) >= 11 is 1.23. The van der Waals surface area contributed by atoms with Crippen molar-refractivity contribution < 1.29 is 22.0 Å². The van der Waals surface area contributed by atoms with E-state index in [2.05, 4.69) is 5.32 Å². The Morgan fingerprint density at radius 2 is 1.71 bits per heavy atom. The Morgan fingerprint density at radius 3 is 2.25 bits per heavy atom. The summed E-state index contributed by atoms with van der Waals surface area (Å²) in [6.45, 7) is 4.65. The molecule has 0 radical (unpaired) electrons. The molecule has 0 saturated carbocycles. The van der Waals surface area contributed by atoms with E-state index in [0.29, 0.717) is 17.3 Å². The van der Waals surface area contributed by atoms with Crippen molar-refractivity contribution in [2.24, 2.45) is 0 Å². The average Bonchev–Trinajstić information content (AvgIpc) is 3.11. The maximum absolute atomic E-state index is 13.7. The van der Waals surface area contributed by atoms with Gasteiger partial charge >= 0.3 is 0 Å². The second kappa shape index (κ2) is 8.24. The molecule has 1 fully saturated rings. The lowest BCUT2D eigenvalue weighted by molar-refractivity contribution is -0.121. The lowest BCUT2D eigenvalue weighted by Gasteiger charge is -2.36. The van der Waals surface area contributed by atoms with Gasteiger partial charge in [0.15, 0.2) is 0 Å². The molecule has 28 heavy (non-hydrogen) atoms. The Kier molecular flexibility index (Phi) is 6.13. The van der Waals surface area contributed by atoms with Crippen LogP contribution in [0.15, 0.2) is 34.5 Å². The molecule has 1 amide bonds. The largest absolute Gasteiger partial charge is 0.320 e. The van der Waals surface area contributed by atoms with Gasteiger partial charge < -0.3 is 5.32 Å². The number of nitrogens with one attached hydrogen (secondary N) is 1. The number of nitrogens with zero attached hydrogens (tertiary/aromatic N) is 2. The molecule has 1 saturated heterocycles. The monoisotopic (exact) mass is 429 g/mol. The number of sulfonamides is 1. The number of thiophene rings is 1. The Bertz CT molecular complexity index is 950. The minimum absolute atomic E-state index is 0.241. The van der Waals surface area contributed by atoms with Crippen LogP contribution in [0.1, 0.15) is 11.8 Å². The van der Waals surface area contributed by atoms with Crippen LogP contribution in [0.2, 0.25) is 0 Å². The van der Waals surface area contributed by atoms with Gasteiger partial charge in [0.1, 0.15) is 21.5 Å². The summed E-state index contributed by atoms with van der Waals surface area (Å²) in [7, 11) is -3.54. The zero-order valence-corrected chi connectivity index (χ0v) is 17.1. The standard InChI is InChI=1S/C18H21F2N3O3S2/c1-12-6-7-16(27-12)28(25,26)23-10-8-22(9-11-23)13(2)18(24)21-17-14(19)4-3-5-15(17)20/h3-7,13H,8-11H2,1-2H3,(H,21,24). The van der Waals surface area contributed by atoms with E-state index in [1.165, 1.54) is 21.7 Å². The predicted octanol–water partition coefficient (Wildman–Crippen LogP) is 2.67. The minimum Gasteiger partial charge on any atom is -0.320 e. The van der Waals surface area contributed by atoms with Gasteiger partial charge in [0.25, 0.3) is 10.0 Å². The van der Waals surface area contributed by atoms with Crippen LogP contribution in [0, 0.1) is 18.6 Å². The summed E-state index contributed by atoms with van der Waals surface area (Å²) in [4.78, 5) is 15.1. The Balaban J connectivity index is 1.62. The first kappa shape index (κ1) is 20.8. The number of carbonyl (C=O) groups is 1. The van der Waals surface area contributed by atoms with Gasteiger partial charge in [0.05, 0.1) is 6.04 Å². The highest BCUT2D eigenvalue weighted by Gasteiger charge is 2.32. The van der Waals surface area contributed by atoms with Crippen molar-refractivity contribution in [3.63, 3.8) is 0 Å². The Morgan fingerprint density at radius 1 is 1.11 bits per heavy atom. The van der Waals surface area contributed by atoms with E-state index in [0.717, 1.165) is 17.0 Å².